The number of allylic oxidation sites excluding steroid dienone is 1. The summed E-state index contributed by atoms with van der Waals surface area (Å²) in [6, 6.07) is 15.6. The molecule has 6 heteroatoms. The smallest absolute Gasteiger partial charge is 0.276 e. The van der Waals surface area contributed by atoms with Crippen LogP contribution in [0.3, 0.4) is 0 Å². The van der Waals surface area contributed by atoms with Crippen molar-refractivity contribution < 1.29 is 4.79 Å². The Bertz CT molecular complexity index is 877. The van der Waals surface area contributed by atoms with Gasteiger partial charge in [0.15, 0.2) is 5.69 Å². The van der Waals surface area contributed by atoms with Gasteiger partial charge in [0.1, 0.15) is 0 Å². The molecule has 2 heterocycles. The van der Waals surface area contributed by atoms with Crippen molar-refractivity contribution in [3.8, 4) is 10.6 Å². The molecule has 0 aliphatic heterocycles. The summed E-state index contributed by atoms with van der Waals surface area (Å²) in [5.41, 5.74) is 4.65. The molecule has 1 aromatic carbocycles. The van der Waals surface area contributed by atoms with Crippen LogP contribution in [0.15, 0.2) is 59.7 Å². The first-order chi connectivity index (χ1) is 11.7. The summed E-state index contributed by atoms with van der Waals surface area (Å²) in [7, 11) is 0. The second-order valence-corrected chi connectivity index (χ2v) is 6.35. The number of H-pyrrole nitrogens is 1. The molecule has 0 unspecified atom stereocenters. The van der Waals surface area contributed by atoms with Crippen molar-refractivity contribution in [2.75, 3.05) is 0 Å². The van der Waals surface area contributed by atoms with Gasteiger partial charge < -0.3 is 0 Å². The normalized spacial score (nSPS) is 11.4. The average Bonchev–Trinajstić information content (AvgIpc) is 3.24. The second kappa shape index (κ2) is 7.52. The molecule has 0 saturated heterocycles. The van der Waals surface area contributed by atoms with Crippen LogP contribution < -0.4 is 5.43 Å². The second-order valence-electron chi connectivity index (χ2n) is 5.07. The lowest BCUT2D eigenvalue weighted by Crippen LogP contribution is -2.17. The summed E-state index contributed by atoms with van der Waals surface area (Å²) in [6.07, 6.45) is 5.20. The monoisotopic (exact) mass is 336 g/mol. The van der Waals surface area contributed by atoms with E-state index in [2.05, 4.69) is 20.7 Å². The summed E-state index contributed by atoms with van der Waals surface area (Å²) < 4.78 is 0. The van der Waals surface area contributed by atoms with Crippen LogP contribution in [0.5, 0.6) is 0 Å². The van der Waals surface area contributed by atoms with Gasteiger partial charge in [-0.3, -0.25) is 9.89 Å². The van der Waals surface area contributed by atoms with Crippen LogP contribution in [-0.4, -0.2) is 22.3 Å². The average molecular weight is 336 g/mol. The largest absolute Gasteiger partial charge is 0.291 e. The van der Waals surface area contributed by atoms with Crippen LogP contribution in [0.1, 0.15) is 20.9 Å². The number of thiophene rings is 1. The molecule has 0 aliphatic rings. The zero-order valence-corrected chi connectivity index (χ0v) is 13.9. The number of hydrazone groups is 1. The van der Waals surface area contributed by atoms with Crippen LogP contribution >= 0.6 is 11.3 Å². The van der Waals surface area contributed by atoms with Gasteiger partial charge in [-0.25, -0.2) is 5.43 Å². The molecule has 0 spiro atoms. The van der Waals surface area contributed by atoms with E-state index in [0.29, 0.717) is 5.69 Å². The number of aromatic nitrogens is 2. The number of amides is 1. The molecule has 2 N–H and O–H groups in total. The number of nitrogens with one attached hydrogen (secondary N) is 2. The summed E-state index contributed by atoms with van der Waals surface area (Å²) in [5, 5.41) is 10.8. The molecule has 2 aromatic heterocycles. The van der Waals surface area contributed by atoms with E-state index in [1.165, 1.54) is 11.1 Å². The number of carbonyl (C=O) groups excluding carboxylic acids is 1. The number of hydrogen-bond acceptors (Lipinski definition) is 4. The molecule has 0 aliphatic carbocycles. The van der Waals surface area contributed by atoms with Gasteiger partial charge >= 0.3 is 0 Å². The zero-order chi connectivity index (χ0) is 16.8. The Morgan fingerprint density at radius 2 is 2.08 bits per heavy atom. The van der Waals surface area contributed by atoms with Gasteiger partial charge in [0.25, 0.3) is 5.91 Å². The summed E-state index contributed by atoms with van der Waals surface area (Å²) in [4.78, 5) is 14.3. The van der Waals surface area contributed by atoms with Crippen LogP contribution in [0, 0.1) is 6.92 Å². The van der Waals surface area contributed by atoms with Crippen molar-refractivity contribution in [2.24, 2.45) is 5.10 Å². The van der Waals surface area contributed by atoms with Crippen molar-refractivity contribution >= 4 is 29.5 Å². The molecule has 0 fully saturated rings. The molecule has 1 amide bonds. The van der Waals surface area contributed by atoms with Crippen LogP contribution in [0.25, 0.3) is 16.6 Å². The highest BCUT2D eigenvalue weighted by Crippen LogP contribution is 2.26. The fourth-order valence-corrected chi connectivity index (χ4v) is 2.89. The fraction of sp³-hybridized carbons (Fsp3) is 0.0556. The van der Waals surface area contributed by atoms with E-state index < -0.39 is 0 Å². The van der Waals surface area contributed by atoms with Crippen molar-refractivity contribution in [1.82, 2.24) is 15.6 Å². The minimum absolute atomic E-state index is 0.306. The maximum atomic E-state index is 12.0. The van der Waals surface area contributed by atoms with E-state index in [0.717, 1.165) is 16.1 Å². The minimum Gasteiger partial charge on any atom is -0.276 e. The van der Waals surface area contributed by atoms with E-state index in [1.807, 2.05) is 55.5 Å². The Morgan fingerprint density at radius 1 is 1.25 bits per heavy atom. The Kier molecular flexibility index (Phi) is 4.98. The van der Waals surface area contributed by atoms with Gasteiger partial charge in [0.2, 0.25) is 0 Å². The number of rotatable bonds is 5. The lowest BCUT2D eigenvalue weighted by atomic mass is 10.2. The maximum Gasteiger partial charge on any atom is 0.291 e. The first-order valence-corrected chi connectivity index (χ1v) is 8.21. The highest BCUT2D eigenvalue weighted by atomic mass is 32.1. The summed E-state index contributed by atoms with van der Waals surface area (Å²) >= 11 is 1.65. The van der Waals surface area contributed by atoms with E-state index in [4.69, 9.17) is 0 Å². The van der Waals surface area contributed by atoms with Crippen molar-refractivity contribution in [2.45, 2.75) is 6.92 Å². The first kappa shape index (κ1) is 15.9. The van der Waals surface area contributed by atoms with E-state index in [9.17, 15) is 4.79 Å². The Hall–Kier alpha value is -2.99. The van der Waals surface area contributed by atoms with Crippen molar-refractivity contribution in [3.63, 3.8) is 0 Å². The number of aromatic amines is 1. The first-order valence-electron chi connectivity index (χ1n) is 7.40. The third-order valence-corrected chi connectivity index (χ3v) is 4.27. The molecule has 120 valence electrons. The van der Waals surface area contributed by atoms with Gasteiger partial charge in [0, 0.05) is 11.1 Å². The SMILES string of the molecule is Cc1ccc(-c2cc(C(=O)N/N=C\C=C\c3ccccc3)n[nH]2)s1. The van der Waals surface area contributed by atoms with E-state index in [-0.39, 0.29) is 5.91 Å². The van der Waals surface area contributed by atoms with Gasteiger partial charge in [-0.1, -0.05) is 36.4 Å². The van der Waals surface area contributed by atoms with Crippen LogP contribution in [0.4, 0.5) is 0 Å². The van der Waals surface area contributed by atoms with Gasteiger partial charge in [0.05, 0.1) is 10.6 Å². The van der Waals surface area contributed by atoms with E-state index in [1.54, 1.807) is 23.5 Å². The predicted octanol–water partition coefficient (Wildman–Crippen LogP) is 3.88. The molecule has 0 atom stereocenters. The number of carbonyl (C=O) groups is 1. The Labute approximate surface area is 143 Å². The highest BCUT2D eigenvalue weighted by Gasteiger charge is 2.11. The topological polar surface area (TPSA) is 70.1 Å². The lowest BCUT2D eigenvalue weighted by Gasteiger charge is -1.93. The highest BCUT2D eigenvalue weighted by molar-refractivity contribution is 7.15. The molecule has 0 saturated carbocycles. The fourth-order valence-electron chi connectivity index (χ4n) is 2.06. The standard InChI is InChI=1S/C18H16N4OS/c1-13-9-10-17(24-13)15-12-16(21-20-15)18(23)22-19-11-5-8-14-6-3-2-4-7-14/h2-12H,1H3,(H,20,21)(H,22,23)/b8-5+,19-11-. The van der Waals surface area contributed by atoms with Crippen LogP contribution in [0.2, 0.25) is 0 Å². The summed E-state index contributed by atoms with van der Waals surface area (Å²) in [5.74, 6) is -0.352. The summed E-state index contributed by atoms with van der Waals surface area (Å²) in [6.45, 7) is 2.04. The minimum atomic E-state index is -0.352. The van der Waals surface area contributed by atoms with Gasteiger partial charge in [-0.2, -0.15) is 10.2 Å². The van der Waals surface area contributed by atoms with Gasteiger partial charge in [-0.15, -0.1) is 11.3 Å². The molecular weight excluding hydrogens is 320 g/mol. The molecule has 5 nitrogen and oxygen atoms in total. The number of aryl methyl sites for hydroxylation is 1. The van der Waals surface area contributed by atoms with E-state index >= 15 is 0 Å². The molecule has 24 heavy (non-hydrogen) atoms. The third-order valence-electron chi connectivity index (χ3n) is 3.23. The molecule has 0 bridgehead atoms. The number of benzene rings is 1. The molecule has 3 aromatic rings. The maximum absolute atomic E-state index is 12.0. The molecule has 0 radical (unpaired) electrons. The predicted molar refractivity (Wildman–Crippen MR) is 98.1 cm³/mol. The quantitative estimate of drug-likeness (QED) is 0.548. The van der Waals surface area contributed by atoms with Crippen LogP contribution in [-0.2, 0) is 0 Å². The van der Waals surface area contributed by atoms with Crippen molar-refractivity contribution in [1.29, 1.82) is 0 Å². The van der Waals surface area contributed by atoms with Gasteiger partial charge in [-0.05, 0) is 36.8 Å². The number of hydrogen-bond donors (Lipinski definition) is 2. The molecule has 3 rings (SSSR count). The molecular formula is C18H16N4OS. The zero-order valence-electron chi connectivity index (χ0n) is 13.1. The Balaban J connectivity index is 1.56. The third kappa shape index (κ3) is 4.05. The number of nitrogens with zero attached hydrogens (tertiary/aromatic N) is 2. The Morgan fingerprint density at radius 3 is 2.83 bits per heavy atom. The lowest BCUT2D eigenvalue weighted by molar-refractivity contribution is 0.0950. The van der Waals surface area contributed by atoms with Crippen molar-refractivity contribution in [3.05, 3.63) is 70.7 Å².